The predicted octanol–water partition coefficient (Wildman–Crippen LogP) is 2.97. The van der Waals surface area contributed by atoms with E-state index in [4.69, 9.17) is 4.74 Å². The topological polar surface area (TPSA) is 58.6 Å². The number of amides is 1. The van der Waals surface area contributed by atoms with Crippen LogP contribution in [0.4, 0.5) is 5.13 Å². The molecule has 3 heterocycles. The summed E-state index contributed by atoms with van der Waals surface area (Å²) >= 11 is 1.63. The second-order valence-electron chi connectivity index (χ2n) is 6.27. The van der Waals surface area contributed by atoms with Crippen LogP contribution in [0, 0.1) is 6.92 Å². The largest absolute Gasteiger partial charge is 0.497 e. The molecule has 0 atom stereocenters. The van der Waals surface area contributed by atoms with Crippen molar-refractivity contribution in [3.63, 3.8) is 0 Å². The third-order valence-electron chi connectivity index (χ3n) is 4.70. The second kappa shape index (κ2) is 6.92. The SMILES string of the molecule is COc1ccc2cc(C(=O)N3CCN(c4nccs4)CC3)c(C)nc2c1. The van der Waals surface area contributed by atoms with Crippen LogP contribution in [0.2, 0.25) is 0 Å². The van der Waals surface area contributed by atoms with E-state index in [-0.39, 0.29) is 5.91 Å². The van der Waals surface area contributed by atoms with Crippen LogP contribution in [-0.4, -0.2) is 54.1 Å². The summed E-state index contributed by atoms with van der Waals surface area (Å²) in [5.74, 6) is 0.813. The number of hydrogen-bond acceptors (Lipinski definition) is 6. The summed E-state index contributed by atoms with van der Waals surface area (Å²) in [6.45, 7) is 4.88. The molecule has 26 heavy (non-hydrogen) atoms. The number of anilines is 1. The smallest absolute Gasteiger partial charge is 0.255 e. The lowest BCUT2D eigenvalue weighted by molar-refractivity contribution is 0.0745. The van der Waals surface area contributed by atoms with Gasteiger partial charge in [-0.1, -0.05) is 0 Å². The maximum Gasteiger partial charge on any atom is 0.255 e. The Morgan fingerprint density at radius 3 is 2.69 bits per heavy atom. The van der Waals surface area contributed by atoms with Crippen LogP contribution in [0.25, 0.3) is 10.9 Å². The Morgan fingerprint density at radius 1 is 1.19 bits per heavy atom. The van der Waals surface area contributed by atoms with Gasteiger partial charge in [-0.15, -0.1) is 11.3 Å². The molecular weight excluding hydrogens is 348 g/mol. The highest BCUT2D eigenvalue weighted by atomic mass is 32.1. The second-order valence-corrected chi connectivity index (χ2v) is 7.15. The Kier molecular flexibility index (Phi) is 4.46. The van der Waals surface area contributed by atoms with Crippen LogP contribution in [0.15, 0.2) is 35.8 Å². The Bertz CT molecular complexity index is 934. The van der Waals surface area contributed by atoms with E-state index in [0.717, 1.165) is 40.6 Å². The van der Waals surface area contributed by atoms with Crippen molar-refractivity contribution in [2.75, 3.05) is 38.2 Å². The first-order valence-electron chi connectivity index (χ1n) is 8.55. The average molecular weight is 368 g/mol. The van der Waals surface area contributed by atoms with Gasteiger partial charge in [0.05, 0.1) is 23.9 Å². The zero-order valence-electron chi connectivity index (χ0n) is 14.8. The average Bonchev–Trinajstić information content (AvgIpc) is 3.21. The molecule has 1 aliphatic heterocycles. The molecule has 134 valence electrons. The molecule has 0 unspecified atom stereocenters. The molecule has 0 bridgehead atoms. The van der Waals surface area contributed by atoms with E-state index >= 15 is 0 Å². The normalized spacial score (nSPS) is 14.7. The van der Waals surface area contributed by atoms with Crippen molar-refractivity contribution in [3.05, 3.63) is 47.1 Å². The van der Waals surface area contributed by atoms with Gasteiger partial charge in [-0.3, -0.25) is 9.78 Å². The number of pyridine rings is 1. The van der Waals surface area contributed by atoms with Crippen LogP contribution in [-0.2, 0) is 0 Å². The molecule has 1 saturated heterocycles. The summed E-state index contributed by atoms with van der Waals surface area (Å²) in [5, 5.41) is 3.95. The van der Waals surface area contributed by atoms with Crippen LogP contribution < -0.4 is 9.64 Å². The first-order valence-corrected chi connectivity index (χ1v) is 9.43. The van der Waals surface area contributed by atoms with Crippen molar-refractivity contribution < 1.29 is 9.53 Å². The molecule has 0 spiro atoms. The summed E-state index contributed by atoms with van der Waals surface area (Å²) in [6.07, 6.45) is 1.82. The minimum Gasteiger partial charge on any atom is -0.497 e. The van der Waals surface area contributed by atoms with E-state index in [0.29, 0.717) is 18.7 Å². The molecule has 0 N–H and O–H groups in total. The van der Waals surface area contributed by atoms with Crippen molar-refractivity contribution in [3.8, 4) is 5.75 Å². The number of fused-ring (bicyclic) bond motifs is 1. The molecule has 4 rings (SSSR count). The van der Waals surface area contributed by atoms with Gasteiger partial charge in [0.15, 0.2) is 5.13 Å². The summed E-state index contributed by atoms with van der Waals surface area (Å²) in [5.41, 5.74) is 2.26. The Hall–Kier alpha value is -2.67. The predicted molar refractivity (Wildman–Crippen MR) is 103 cm³/mol. The van der Waals surface area contributed by atoms with Gasteiger partial charge >= 0.3 is 0 Å². The highest BCUT2D eigenvalue weighted by molar-refractivity contribution is 7.13. The maximum absolute atomic E-state index is 13.0. The zero-order chi connectivity index (χ0) is 18.1. The van der Waals surface area contributed by atoms with Gasteiger partial charge in [-0.2, -0.15) is 0 Å². The molecule has 7 heteroatoms. The van der Waals surface area contributed by atoms with Gasteiger partial charge in [0.2, 0.25) is 0 Å². The van der Waals surface area contributed by atoms with Crippen molar-refractivity contribution in [2.24, 2.45) is 0 Å². The van der Waals surface area contributed by atoms with E-state index in [9.17, 15) is 4.79 Å². The molecule has 1 amide bonds. The van der Waals surface area contributed by atoms with Crippen LogP contribution in [0.1, 0.15) is 16.1 Å². The highest BCUT2D eigenvalue weighted by Gasteiger charge is 2.24. The number of carbonyl (C=O) groups excluding carboxylic acids is 1. The number of aryl methyl sites for hydroxylation is 1. The lowest BCUT2D eigenvalue weighted by Gasteiger charge is -2.34. The summed E-state index contributed by atoms with van der Waals surface area (Å²) < 4.78 is 5.25. The molecule has 6 nitrogen and oxygen atoms in total. The third-order valence-corrected chi connectivity index (χ3v) is 5.53. The highest BCUT2D eigenvalue weighted by Crippen LogP contribution is 2.24. The fraction of sp³-hybridized carbons (Fsp3) is 0.316. The lowest BCUT2D eigenvalue weighted by atomic mass is 10.1. The standard InChI is InChI=1S/C19H20N4O2S/c1-13-16(11-14-3-4-15(25-2)12-17(14)21-13)18(24)22-6-8-23(9-7-22)19-20-5-10-26-19/h3-5,10-12H,6-9H2,1-2H3. The molecular formula is C19H20N4O2S. The van der Waals surface area contributed by atoms with Gasteiger partial charge in [0.1, 0.15) is 5.75 Å². The van der Waals surface area contributed by atoms with Gasteiger partial charge in [0, 0.05) is 49.2 Å². The number of nitrogens with zero attached hydrogens (tertiary/aromatic N) is 4. The van der Waals surface area contributed by atoms with E-state index in [2.05, 4.69) is 14.9 Å². The summed E-state index contributed by atoms with van der Waals surface area (Å²) in [6, 6.07) is 7.66. The number of hydrogen-bond donors (Lipinski definition) is 0. The molecule has 1 aromatic carbocycles. The van der Waals surface area contributed by atoms with Crippen molar-refractivity contribution in [1.82, 2.24) is 14.9 Å². The number of aromatic nitrogens is 2. The molecule has 0 radical (unpaired) electrons. The van der Waals surface area contributed by atoms with Crippen LogP contribution >= 0.6 is 11.3 Å². The number of piperazine rings is 1. The van der Waals surface area contributed by atoms with E-state index < -0.39 is 0 Å². The molecule has 2 aromatic heterocycles. The maximum atomic E-state index is 13.0. The zero-order valence-corrected chi connectivity index (χ0v) is 15.6. The van der Waals surface area contributed by atoms with Gasteiger partial charge < -0.3 is 14.5 Å². The summed E-state index contributed by atoms with van der Waals surface area (Å²) in [7, 11) is 1.64. The molecule has 0 aliphatic carbocycles. The molecule has 1 fully saturated rings. The number of rotatable bonds is 3. The lowest BCUT2D eigenvalue weighted by Crippen LogP contribution is -2.49. The van der Waals surface area contributed by atoms with Crippen LogP contribution in [0.3, 0.4) is 0 Å². The molecule has 3 aromatic rings. The first-order chi connectivity index (χ1) is 12.7. The van der Waals surface area contributed by atoms with Gasteiger partial charge in [-0.05, 0) is 25.1 Å². The van der Waals surface area contributed by atoms with Crippen molar-refractivity contribution in [2.45, 2.75) is 6.92 Å². The number of benzene rings is 1. The fourth-order valence-electron chi connectivity index (χ4n) is 3.23. The minimum absolute atomic E-state index is 0.0477. The minimum atomic E-state index is 0.0477. The van der Waals surface area contributed by atoms with Crippen molar-refractivity contribution >= 4 is 33.3 Å². The Balaban J connectivity index is 1.54. The number of ether oxygens (including phenoxy) is 1. The van der Waals surface area contributed by atoms with Crippen molar-refractivity contribution in [1.29, 1.82) is 0 Å². The first kappa shape index (κ1) is 16.8. The number of carbonyl (C=O) groups is 1. The van der Waals surface area contributed by atoms with Gasteiger partial charge in [0.25, 0.3) is 5.91 Å². The number of thiazole rings is 1. The fourth-order valence-corrected chi connectivity index (χ4v) is 3.93. The monoisotopic (exact) mass is 368 g/mol. The van der Waals surface area contributed by atoms with Crippen LogP contribution in [0.5, 0.6) is 5.75 Å². The quantitative estimate of drug-likeness (QED) is 0.711. The Morgan fingerprint density at radius 2 is 2.00 bits per heavy atom. The van der Waals surface area contributed by atoms with E-state index in [1.807, 2.05) is 47.7 Å². The Labute approximate surface area is 156 Å². The molecule has 1 aliphatic rings. The van der Waals surface area contributed by atoms with Gasteiger partial charge in [-0.25, -0.2) is 4.98 Å². The third kappa shape index (κ3) is 3.10. The van der Waals surface area contributed by atoms with E-state index in [1.54, 1.807) is 18.4 Å². The summed E-state index contributed by atoms with van der Waals surface area (Å²) in [4.78, 5) is 26.1. The number of methoxy groups -OCH3 is 1. The molecule has 0 saturated carbocycles. The van der Waals surface area contributed by atoms with E-state index in [1.165, 1.54) is 0 Å².